The van der Waals surface area contributed by atoms with E-state index in [9.17, 15) is 0 Å². The molecule has 0 atom stereocenters. The van der Waals surface area contributed by atoms with Crippen molar-refractivity contribution in [2.24, 2.45) is 0 Å². The monoisotopic (exact) mass is 246 g/mol. The molecule has 19 heavy (non-hydrogen) atoms. The van der Waals surface area contributed by atoms with E-state index < -0.39 is 0 Å². The van der Waals surface area contributed by atoms with Gasteiger partial charge in [0.25, 0.3) is 0 Å². The van der Waals surface area contributed by atoms with Gasteiger partial charge in [0.2, 0.25) is 0 Å². The summed E-state index contributed by atoms with van der Waals surface area (Å²) < 4.78 is 0. The summed E-state index contributed by atoms with van der Waals surface area (Å²) in [6.07, 6.45) is 3.19. The fourth-order valence-corrected chi connectivity index (χ4v) is 1.80. The van der Waals surface area contributed by atoms with Crippen LogP contribution < -0.4 is 0 Å². The summed E-state index contributed by atoms with van der Waals surface area (Å²) in [6.45, 7) is 4.25. The summed E-state index contributed by atoms with van der Waals surface area (Å²) in [5.74, 6) is 6.49. The number of rotatable bonds is 2. The van der Waals surface area contributed by atoms with Crippen LogP contribution in [0.3, 0.4) is 0 Å². The Hall–Kier alpha value is -2.26. The Kier molecular flexibility index (Phi) is 4.59. The lowest BCUT2D eigenvalue weighted by atomic mass is 10.0. The maximum absolute atomic E-state index is 3.27. The second-order valence-electron chi connectivity index (χ2n) is 4.76. The molecule has 0 bridgehead atoms. The van der Waals surface area contributed by atoms with Gasteiger partial charge in [-0.3, -0.25) is 0 Å². The van der Waals surface area contributed by atoms with Gasteiger partial charge in [0.1, 0.15) is 0 Å². The molecule has 0 nitrogen and oxygen atoms in total. The molecule has 0 saturated heterocycles. The predicted molar refractivity (Wildman–Crippen MR) is 82.0 cm³/mol. The number of benzene rings is 2. The van der Waals surface area contributed by atoms with Crippen molar-refractivity contribution in [2.75, 3.05) is 0 Å². The molecule has 0 fully saturated rings. The molecule has 0 aromatic heterocycles. The zero-order chi connectivity index (χ0) is 13.5. The fourth-order valence-electron chi connectivity index (χ4n) is 1.80. The molecule has 94 valence electrons. The smallest absolute Gasteiger partial charge is 0.0284 e. The molecule has 0 radical (unpaired) electrons. The Bertz CT molecular complexity index is 618. The van der Waals surface area contributed by atoms with E-state index in [1.165, 1.54) is 11.1 Å². The first kappa shape index (κ1) is 13.2. The third-order valence-corrected chi connectivity index (χ3v) is 2.86. The van der Waals surface area contributed by atoms with Crippen molar-refractivity contribution in [3.05, 3.63) is 82.9 Å². The van der Waals surface area contributed by atoms with Gasteiger partial charge in [0.15, 0.2) is 0 Å². The standard InChI is InChI=1S/C19H18/c1-16(2)12-14-18-10-6-7-11-19(18)15-13-17-8-4-3-5-9-17/h3-12H,14H2,1-2H3. The topological polar surface area (TPSA) is 0 Å². The van der Waals surface area contributed by atoms with E-state index in [-0.39, 0.29) is 0 Å². The van der Waals surface area contributed by atoms with Gasteiger partial charge >= 0.3 is 0 Å². The van der Waals surface area contributed by atoms with Crippen LogP contribution in [0.1, 0.15) is 30.5 Å². The van der Waals surface area contributed by atoms with Crippen molar-refractivity contribution in [1.82, 2.24) is 0 Å². The second kappa shape index (κ2) is 6.61. The predicted octanol–water partition coefficient (Wildman–Crippen LogP) is 4.60. The van der Waals surface area contributed by atoms with Crippen molar-refractivity contribution in [1.29, 1.82) is 0 Å². The molecule has 0 aliphatic heterocycles. The first-order valence-electron chi connectivity index (χ1n) is 6.54. The highest BCUT2D eigenvalue weighted by Crippen LogP contribution is 2.10. The molecule has 0 heterocycles. The quantitative estimate of drug-likeness (QED) is 0.537. The van der Waals surface area contributed by atoms with E-state index in [1.54, 1.807) is 0 Å². The lowest BCUT2D eigenvalue weighted by molar-refractivity contribution is 1.20. The molecule has 0 heteroatoms. The van der Waals surface area contributed by atoms with Gasteiger partial charge in [-0.05, 0) is 44.0 Å². The van der Waals surface area contributed by atoms with Crippen LogP contribution >= 0.6 is 0 Å². The SMILES string of the molecule is CC(C)=CCc1ccccc1C#Cc1ccccc1. The summed E-state index contributed by atoms with van der Waals surface area (Å²) >= 11 is 0. The average Bonchev–Trinajstić information content (AvgIpc) is 2.45. The minimum atomic E-state index is 0.946. The summed E-state index contributed by atoms with van der Waals surface area (Å²) in [5, 5.41) is 0. The van der Waals surface area contributed by atoms with Crippen LogP contribution in [0.15, 0.2) is 66.2 Å². The molecule has 0 spiro atoms. The van der Waals surface area contributed by atoms with Gasteiger partial charge in [0, 0.05) is 11.1 Å². The normalized spacial score (nSPS) is 9.37. The van der Waals surface area contributed by atoms with Crippen LogP contribution in [-0.4, -0.2) is 0 Å². The first-order valence-corrected chi connectivity index (χ1v) is 6.54. The third-order valence-electron chi connectivity index (χ3n) is 2.86. The third kappa shape index (κ3) is 4.16. The van der Waals surface area contributed by atoms with Crippen LogP contribution in [-0.2, 0) is 6.42 Å². The highest BCUT2D eigenvalue weighted by Gasteiger charge is 1.96. The Balaban J connectivity index is 2.26. The molecule has 0 unspecified atom stereocenters. The first-order chi connectivity index (χ1) is 9.25. The van der Waals surface area contributed by atoms with Gasteiger partial charge in [-0.1, -0.05) is 59.9 Å². The average molecular weight is 246 g/mol. The summed E-state index contributed by atoms with van der Waals surface area (Å²) in [6, 6.07) is 18.4. The van der Waals surface area contributed by atoms with E-state index in [2.05, 4.69) is 50.0 Å². The zero-order valence-corrected chi connectivity index (χ0v) is 11.5. The maximum atomic E-state index is 3.27. The van der Waals surface area contributed by atoms with E-state index in [0.29, 0.717) is 0 Å². The van der Waals surface area contributed by atoms with Gasteiger partial charge < -0.3 is 0 Å². The van der Waals surface area contributed by atoms with E-state index in [0.717, 1.165) is 17.5 Å². The number of allylic oxidation sites excluding steroid dienone is 2. The largest absolute Gasteiger partial charge is 0.0814 e. The van der Waals surface area contributed by atoms with E-state index in [4.69, 9.17) is 0 Å². The molecule has 2 aromatic rings. The van der Waals surface area contributed by atoms with Crippen LogP contribution in [0.2, 0.25) is 0 Å². The van der Waals surface area contributed by atoms with E-state index >= 15 is 0 Å². The number of hydrogen-bond donors (Lipinski definition) is 0. The molecule has 0 amide bonds. The van der Waals surface area contributed by atoms with Crippen molar-refractivity contribution in [3.63, 3.8) is 0 Å². The Morgan fingerprint density at radius 2 is 1.58 bits per heavy atom. The molecule has 0 aliphatic carbocycles. The fraction of sp³-hybridized carbons (Fsp3) is 0.158. The van der Waals surface area contributed by atoms with Crippen LogP contribution in [0.4, 0.5) is 0 Å². The zero-order valence-electron chi connectivity index (χ0n) is 11.5. The lowest BCUT2D eigenvalue weighted by Gasteiger charge is -2.01. The van der Waals surface area contributed by atoms with Crippen LogP contribution in [0, 0.1) is 11.8 Å². The summed E-state index contributed by atoms with van der Waals surface area (Å²) in [5.41, 5.74) is 4.79. The van der Waals surface area contributed by atoms with E-state index in [1.807, 2.05) is 36.4 Å². The molecule has 2 rings (SSSR count). The molecular formula is C19H18. The molecule has 0 N–H and O–H groups in total. The molecule has 0 aliphatic rings. The van der Waals surface area contributed by atoms with Crippen LogP contribution in [0.5, 0.6) is 0 Å². The molecule has 2 aromatic carbocycles. The second-order valence-corrected chi connectivity index (χ2v) is 4.76. The lowest BCUT2D eigenvalue weighted by Crippen LogP contribution is -1.88. The summed E-state index contributed by atoms with van der Waals surface area (Å²) in [4.78, 5) is 0. The maximum Gasteiger partial charge on any atom is 0.0284 e. The highest BCUT2D eigenvalue weighted by molar-refractivity contribution is 5.47. The Morgan fingerprint density at radius 1 is 0.895 bits per heavy atom. The van der Waals surface area contributed by atoms with Crippen molar-refractivity contribution < 1.29 is 0 Å². The Labute approximate surface area is 115 Å². The minimum Gasteiger partial charge on any atom is -0.0814 e. The molecular weight excluding hydrogens is 228 g/mol. The van der Waals surface area contributed by atoms with Crippen molar-refractivity contribution >= 4 is 0 Å². The minimum absolute atomic E-state index is 0.946. The van der Waals surface area contributed by atoms with Crippen molar-refractivity contribution in [2.45, 2.75) is 20.3 Å². The highest BCUT2D eigenvalue weighted by atomic mass is 14.0. The number of hydrogen-bond acceptors (Lipinski definition) is 0. The molecule has 0 saturated carbocycles. The summed E-state index contributed by atoms with van der Waals surface area (Å²) in [7, 11) is 0. The van der Waals surface area contributed by atoms with Gasteiger partial charge in [-0.15, -0.1) is 0 Å². The van der Waals surface area contributed by atoms with Crippen molar-refractivity contribution in [3.8, 4) is 11.8 Å². The van der Waals surface area contributed by atoms with Gasteiger partial charge in [-0.2, -0.15) is 0 Å². The van der Waals surface area contributed by atoms with Gasteiger partial charge in [0.05, 0.1) is 0 Å². The van der Waals surface area contributed by atoms with Crippen LogP contribution in [0.25, 0.3) is 0 Å². The van der Waals surface area contributed by atoms with Gasteiger partial charge in [-0.25, -0.2) is 0 Å². The Morgan fingerprint density at radius 3 is 2.32 bits per heavy atom.